The monoisotopic (exact) mass is 703 g/mol. The Balaban J connectivity index is 1.12. The van der Waals surface area contributed by atoms with E-state index in [0.717, 1.165) is 83.6 Å². The van der Waals surface area contributed by atoms with E-state index in [1.54, 1.807) is 0 Å². The minimum Gasteiger partial charge on any atom is -0.294 e. The molecule has 3 aromatic heterocycles. The van der Waals surface area contributed by atoms with E-state index in [4.69, 9.17) is 19.9 Å². The predicted octanol–water partition coefficient (Wildman–Crippen LogP) is 12.4. The van der Waals surface area contributed by atoms with Gasteiger partial charge >= 0.3 is 0 Å². The van der Waals surface area contributed by atoms with Crippen LogP contribution in [0, 0.1) is 0 Å². The van der Waals surface area contributed by atoms with E-state index < -0.39 is 0 Å². The highest BCUT2D eigenvalue weighted by Crippen LogP contribution is 2.39. The Morgan fingerprint density at radius 3 is 1.36 bits per heavy atom. The molecule has 0 N–H and O–H groups in total. The van der Waals surface area contributed by atoms with Crippen LogP contribution >= 0.6 is 0 Å². The van der Waals surface area contributed by atoms with E-state index in [0.29, 0.717) is 11.6 Å². The minimum atomic E-state index is 0.663. The van der Waals surface area contributed by atoms with Gasteiger partial charge in [0.15, 0.2) is 11.6 Å². The first-order valence-corrected chi connectivity index (χ1v) is 18.4. The Labute approximate surface area is 318 Å². The van der Waals surface area contributed by atoms with Crippen molar-refractivity contribution >= 4 is 21.9 Å². The summed E-state index contributed by atoms with van der Waals surface area (Å²) in [6.45, 7) is 0. The Bertz CT molecular complexity index is 2900. The van der Waals surface area contributed by atoms with Gasteiger partial charge in [0.2, 0.25) is 0 Å². The van der Waals surface area contributed by atoms with Crippen molar-refractivity contribution in [3.8, 4) is 73.4 Å². The first kappa shape index (κ1) is 32.2. The molecule has 0 bridgehead atoms. The van der Waals surface area contributed by atoms with E-state index in [1.165, 1.54) is 0 Å². The number of rotatable bonds is 7. The van der Waals surface area contributed by atoms with Gasteiger partial charge in [-0.1, -0.05) is 164 Å². The lowest BCUT2D eigenvalue weighted by molar-refractivity contribution is 1.11. The number of para-hydroxylation sites is 2. The highest BCUT2D eigenvalue weighted by atomic mass is 15.1. The molecular formula is C50H33N5. The molecule has 10 aromatic rings. The summed E-state index contributed by atoms with van der Waals surface area (Å²) in [7, 11) is 0. The van der Waals surface area contributed by atoms with Crippen molar-refractivity contribution in [1.29, 1.82) is 0 Å². The maximum absolute atomic E-state index is 5.35. The van der Waals surface area contributed by atoms with Gasteiger partial charge in [0.05, 0.1) is 28.0 Å². The molecule has 0 saturated carbocycles. The first-order chi connectivity index (χ1) is 27.3. The number of hydrogen-bond donors (Lipinski definition) is 0. The molecule has 0 amide bonds. The average Bonchev–Trinajstić information content (AvgIpc) is 3.61. The number of aromatic nitrogens is 5. The lowest BCUT2D eigenvalue weighted by Crippen LogP contribution is -1.99. The van der Waals surface area contributed by atoms with Crippen LogP contribution in [0.3, 0.4) is 0 Å². The SMILES string of the molecule is c1ccc(-c2cc(-c3ccccc3)nc(-c3cccc(-c4cccc(-c5nc(-c6ccccc6)c6c7ccccc7n(-c7ccccc7)c6n5)c4)c3)n2)cc1. The quantitative estimate of drug-likeness (QED) is 0.166. The summed E-state index contributed by atoms with van der Waals surface area (Å²) in [5, 5.41) is 2.15. The van der Waals surface area contributed by atoms with Crippen molar-refractivity contribution in [2.45, 2.75) is 0 Å². The van der Waals surface area contributed by atoms with Gasteiger partial charge in [-0.15, -0.1) is 0 Å². The average molecular weight is 704 g/mol. The van der Waals surface area contributed by atoms with E-state index in [9.17, 15) is 0 Å². The van der Waals surface area contributed by atoms with E-state index >= 15 is 0 Å². The zero-order valence-corrected chi connectivity index (χ0v) is 29.8. The molecule has 0 unspecified atom stereocenters. The molecule has 258 valence electrons. The third kappa shape index (κ3) is 6.04. The van der Waals surface area contributed by atoms with Crippen LogP contribution in [0.4, 0.5) is 0 Å². The lowest BCUT2D eigenvalue weighted by Gasteiger charge is -2.12. The number of hydrogen-bond acceptors (Lipinski definition) is 4. The van der Waals surface area contributed by atoms with Crippen LogP contribution < -0.4 is 0 Å². The zero-order chi connectivity index (χ0) is 36.6. The molecule has 0 aliphatic heterocycles. The molecule has 0 fully saturated rings. The van der Waals surface area contributed by atoms with Crippen LogP contribution in [0.2, 0.25) is 0 Å². The van der Waals surface area contributed by atoms with Gasteiger partial charge in [-0.25, -0.2) is 19.9 Å². The Morgan fingerprint density at radius 2 is 0.782 bits per heavy atom. The molecule has 3 heterocycles. The van der Waals surface area contributed by atoms with Crippen LogP contribution in [-0.4, -0.2) is 24.5 Å². The number of nitrogens with zero attached hydrogens (tertiary/aromatic N) is 5. The molecule has 0 spiro atoms. The second-order valence-corrected chi connectivity index (χ2v) is 13.5. The van der Waals surface area contributed by atoms with Crippen molar-refractivity contribution in [2.75, 3.05) is 0 Å². The summed E-state index contributed by atoms with van der Waals surface area (Å²) in [6, 6.07) is 68.9. The largest absolute Gasteiger partial charge is 0.294 e. The van der Waals surface area contributed by atoms with Crippen molar-refractivity contribution < 1.29 is 0 Å². The van der Waals surface area contributed by atoms with Gasteiger partial charge < -0.3 is 0 Å². The minimum absolute atomic E-state index is 0.663. The van der Waals surface area contributed by atoms with Crippen LogP contribution in [0.5, 0.6) is 0 Å². The maximum Gasteiger partial charge on any atom is 0.162 e. The highest BCUT2D eigenvalue weighted by Gasteiger charge is 2.21. The van der Waals surface area contributed by atoms with Crippen molar-refractivity contribution in [3.05, 3.63) is 200 Å². The fraction of sp³-hybridized carbons (Fsp3) is 0. The number of fused-ring (bicyclic) bond motifs is 3. The summed E-state index contributed by atoms with van der Waals surface area (Å²) >= 11 is 0. The third-order valence-electron chi connectivity index (χ3n) is 10.0. The van der Waals surface area contributed by atoms with Gasteiger partial charge in [0.25, 0.3) is 0 Å². The molecule has 0 aliphatic rings. The molecular weight excluding hydrogens is 671 g/mol. The summed E-state index contributed by atoms with van der Waals surface area (Å²) in [5.41, 5.74) is 12.8. The molecule has 10 rings (SSSR count). The normalized spacial score (nSPS) is 11.3. The van der Waals surface area contributed by atoms with Gasteiger partial charge in [-0.2, -0.15) is 0 Å². The standard InChI is InChI=1S/C50H33N5/c1-5-17-34(18-6-1)43-33-44(35-19-7-2-8-20-35)52-48(51-43)39-25-15-23-37(31-39)38-24-16-26-40(32-38)49-53-47(36-21-9-3-10-22-36)46-42-29-13-14-30-45(42)55(50(46)54-49)41-27-11-4-12-28-41/h1-33H. The topological polar surface area (TPSA) is 56.5 Å². The first-order valence-electron chi connectivity index (χ1n) is 18.4. The predicted molar refractivity (Wildman–Crippen MR) is 225 cm³/mol. The molecule has 7 aromatic carbocycles. The molecule has 0 aliphatic carbocycles. The molecule has 0 saturated heterocycles. The van der Waals surface area contributed by atoms with Gasteiger partial charge in [-0.3, -0.25) is 4.57 Å². The summed E-state index contributed by atoms with van der Waals surface area (Å²) in [5.74, 6) is 1.34. The smallest absolute Gasteiger partial charge is 0.162 e. The fourth-order valence-corrected chi connectivity index (χ4v) is 7.39. The number of benzene rings is 7. The maximum atomic E-state index is 5.35. The summed E-state index contributed by atoms with van der Waals surface area (Å²) in [6.07, 6.45) is 0. The third-order valence-corrected chi connectivity index (χ3v) is 10.0. The molecule has 5 nitrogen and oxygen atoms in total. The van der Waals surface area contributed by atoms with Gasteiger partial charge in [-0.05, 0) is 47.5 Å². The molecule has 5 heteroatoms. The zero-order valence-electron chi connectivity index (χ0n) is 29.8. The second kappa shape index (κ2) is 13.8. The van der Waals surface area contributed by atoms with E-state index in [-0.39, 0.29) is 0 Å². The van der Waals surface area contributed by atoms with Crippen molar-refractivity contribution in [1.82, 2.24) is 24.5 Å². The highest BCUT2D eigenvalue weighted by molar-refractivity contribution is 6.14. The lowest BCUT2D eigenvalue weighted by atomic mass is 10.00. The van der Waals surface area contributed by atoms with Gasteiger partial charge in [0, 0.05) is 38.9 Å². The van der Waals surface area contributed by atoms with Crippen LogP contribution in [0.1, 0.15) is 0 Å². The molecule has 0 radical (unpaired) electrons. The Morgan fingerprint density at radius 1 is 0.327 bits per heavy atom. The van der Waals surface area contributed by atoms with Crippen LogP contribution in [-0.2, 0) is 0 Å². The summed E-state index contributed by atoms with van der Waals surface area (Å²) < 4.78 is 2.25. The second-order valence-electron chi connectivity index (χ2n) is 13.5. The van der Waals surface area contributed by atoms with Gasteiger partial charge in [0.1, 0.15) is 5.65 Å². The fourth-order valence-electron chi connectivity index (χ4n) is 7.39. The molecule has 55 heavy (non-hydrogen) atoms. The van der Waals surface area contributed by atoms with Crippen LogP contribution in [0.25, 0.3) is 95.3 Å². The van der Waals surface area contributed by atoms with E-state index in [2.05, 4.69) is 156 Å². The molecule has 0 atom stereocenters. The van der Waals surface area contributed by atoms with Crippen LogP contribution in [0.15, 0.2) is 200 Å². The van der Waals surface area contributed by atoms with Crippen molar-refractivity contribution in [3.63, 3.8) is 0 Å². The Hall–Kier alpha value is -7.50. The van der Waals surface area contributed by atoms with E-state index in [1.807, 2.05) is 48.5 Å². The van der Waals surface area contributed by atoms with Crippen molar-refractivity contribution in [2.24, 2.45) is 0 Å². The Kier molecular flexibility index (Phi) is 8.08. The summed E-state index contributed by atoms with van der Waals surface area (Å²) in [4.78, 5) is 20.9.